The molecule has 0 saturated carbocycles. The number of esters is 1. The first-order valence-electron chi connectivity index (χ1n) is 4.59. The Labute approximate surface area is 86.2 Å². The van der Waals surface area contributed by atoms with Gasteiger partial charge in [0.1, 0.15) is 0 Å². The lowest BCUT2D eigenvalue weighted by Crippen LogP contribution is -2.41. The molecule has 1 unspecified atom stereocenters. The summed E-state index contributed by atoms with van der Waals surface area (Å²) in [5.74, 6) is -2.66. The fourth-order valence-electron chi connectivity index (χ4n) is 1.23. The third kappa shape index (κ3) is 3.14. The number of hydrogen-bond acceptors (Lipinski definition) is 3. The van der Waals surface area contributed by atoms with Gasteiger partial charge in [-0.1, -0.05) is 6.92 Å². The second-order valence-corrected chi connectivity index (χ2v) is 3.06. The Kier molecular flexibility index (Phi) is 5.18. The van der Waals surface area contributed by atoms with Crippen LogP contribution in [0.5, 0.6) is 0 Å². The second kappa shape index (κ2) is 5.63. The smallest absolute Gasteiger partial charge is 0.323 e. The van der Waals surface area contributed by atoms with Crippen molar-refractivity contribution in [1.29, 1.82) is 0 Å². The molecule has 0 aromatic rings. The van der Waals surface area contributed by atoms with Gasteiger partial charge in [-0.2, -0.15) is 0 Å². The van der Waals surface area contributed by atoms with Gasteiger partial charge < -0.3 is 9.84 Å². The molecule has 0 heterocycles. The number of carboxylic acid groups (broad SMARTS) is 1. The van der Waals surface area contributed by atoms with E-state index in [9.17, 15) is 18.4 Å². The van der Waals surface area contributed by atoms with Crippen LogP contribution in [0.4, 0.5) is 8.78 Å². The number of carbonyl (C=O) groups is 2. The highest BCUT2D eigenvalue weighted by atomic mass is 19.3. The highest BCUT2D eigenvalue weighted by Crippen LogP contribution is 2.31. The van der Waals surface area contributed by atoms with E-state index in [4.69, 9.17) is 5.11 Å². The zero-order chi connectivity index (χ0) is 12.1. The van der Waals surface area contributed by atoms with E-state index in [1.165, 1.54) is 13.8 Å². The number of halogens is 2. The molecule has 0 spiro atoms. The zero-order valence-electron chi connectivity index (χ0n) is 8.63. The van der Waals surface area contributed by atoms with Crippen molar-refractivity contribution in [2.75, 3.05) is 6.61 Å². The van der Waals surface area contributed by atoms with Gasteiger partial charge in [-0.3, -0.25) is 9.59 Å². The quantitative estimate of drug-likeness (QED) is 0.550. The molecule has 0 radical (unpaired) electrons. The molecule has 1 atom stereocenters. The zero-order valence-corrected chi connectivity index (χ0v) is 8.63. The average Bonchev–Trinajstić information content (AvgIpc) is 2.13. The summed E-state index contributed by atoms with van der Waals surface area (Å²) in [6, 6.07) is 0. The number of aliphatic carboxylic acids is 1. The van der Waals surface area contributed by atoms with Crippen molar-refractivity contribution in [1.82, 2.24) is 0 Å². The Morgan fingerprint density at radius 1 is 1.40 bits per heavy atom. The van der Waals surface area contributed by atoms with Gasteiger partial charge in [0.25, 0.3) is 0 Å². The SMILES string of the molecule is CCOC(=O)C(CC)(CC(F)F)C(=O)O. The molecule has 0 bridgehead atoms. The minimum atomic E-state index is -2.86. The van der Waals surface area contributed by atoms with Crippen molar-refractivity contribution in [3.63, 3.8) is 0 Å². The van der Waals surface area contributed by atoms with Crippen LogP contribution in [0.3, 0.4) is 0 Å². The molecule has 1 N–H and O–H groups in total. The lowest BCUT2D eigenvalue weighted by molar-refractivity contribution is -0.172. The van der Waals surface area contributed by atoms with Gasteiger partial charge in [0.2, 0.25) is 6.43 Å². The molecule has 0 aromatic heterocycles. The first kappa shape index (κ1) is 13.8. The van der Waals surface area contributed by atoms with Crippen molar-refractivity contribution >= 4 is 11.9 Å². The van der Waals surface area contributed by atoms with Crippen molar-refractivity contribution in [3.05, 3.63) is 0 Å². The van der Waals surface area contributed by atoms with E-state index in [1.54, 1.807) is 0 Å². The minimum absolute atomic E-state index is 0.0307. The lowest BCUT2D eigenvalue weighted by atomic mass is 9.82. The van der Waals surface area contributed by atoms with E-state index in [-0.39, 0.29) is 13.0 Å². The summed E-state index contributed by atoms with van der Waals surface area (Å²) >= 11 is 0. The summed E-state index contributed by atoms with van der Waals surface area (Å²) in [7, 11) is 0. The standard InChI is InChI=1S/C9H14F2O4/c1-3-9(7(12)13,5-6(10)11)8(14)15-4-2/h6H,3-5H2,1-2H3,(H,12,13). The number of alkyl halides is 2. The average molecular weight is 224 g/mol. The van der Waals surface area contributed by atoms with Gasteiger partial charge in [-0.15, -0.1) is 0 Å². The molecular formula is C9H14F2O4. The Balaban J connectivity index is 4.96. The van der Waals surface area contributed by atoms with E-state index in [1.807, 2.05) is 0 Å². The van der Waals surface area contributed by atoms with Crippen LogP contribution in [0, 0.1) is 5.41 Å². The van der Waals surface area contributed by atoms with Crippen molar-refractivity contribution in [2.24, 2.45) is 5.41 Å². The van der Waals surface area contributed by atoms with Crippen LogP contribution in [0.15, 0.2) is 0 Å². The van der Waals surface area contributed by atoms with Gasteiger partial charge in [0.15, 0.2) is 5.41 Å². The van der Waals surface area contributed by atoms with E-state index in [0.717, 1.165) is 0 Å². The van der Waals surface area contributed by atoms with Crippen LogP contribution in [0.2, 0.25) is 0 Å². The fourth-order valence-corrected chi connectivity index (χ4v) is 1.23. The number of rotatable bonds is 6. The Hall–Kier alpha value is -1.20. The molecule has 0 rings (SSSR count). The molecule has 0 fully saturated rings. The van der Waals surface area contributed by atoms with Crippen molar-refractivity contribution in [3.8, 4) is 0 Å². The van der Waals surface area contributed by atoms with E-state index in [2.05, 4.69) is 4.74 Å². The summed E-state index contributed by atoms with van der Waals surface area (Å²) < 4.78 is 28.9. The molecule has 88 valence electrons. The fraction of sp³-hybridized carbons (Fsp3) is 0.778. The molecule has 4 nitrogen and oxygen atoms in total. The van der Waals surface area contributed by atoms with E-state index >= 15 is 0 Å². The van der Waals surface area contributed by atoms with Gasteiger partial charge in [0, 0.05) is 6.42 Å². The van der Waals surface area contributed by atoms with Crippen LogP contribution in [-0.2, 0) is 14.3 Å². The van der Waals surface area contributed by atoms with Gasteiger partial charge >= 0.3 is 11.9 Å². The van der Waals surface area contributed by atoms with Crippen LogP contribution in [-0.4, -0.2) is 30.1 Å². The molecule has 0 aliphatic rings. The molecular weight excluding hydrogens is 210 g/mol. The summed E-state index contributed by atoms with van der Waals surface area (Å²) in [5, 5.41) is 8.84. The Bertz CT molecular complexity index is 242. The van der Waals surface area contributed by atoms with Crippen molar-refractivity contribution in [2.45, 2.75) is 33.1 Å². The van der Waals surface area contributed by atoms with E-state index in [0.29, 0.717) is 0 Å². The van der Waals surface area contributed by atoms with Crippen LogP contribution in [0.25, 0.3) is 0 Å². The molecule has 6 heteroatoms. The molecule has 0 aromatic carbocycles. The Morgan fingerprint density at radius 2 is 1.93 bits per heavy atom. The van der Waals surface area contributed by atoms with Crippen LogP contribution >= 0.6 is 0 Å². The summed E-state index contributed by atoms with van der Waals surface area (Å²) in [5.41, 5.74) is -2.12. The highest BCUT2D eigenvalue weighted by Gasteiger charge is 2.48. The first-order chi connectivity index (χ1) is 6.90. The summed E-state index contributed by atoms with van der Waals surface area (Å²) in [6.07, 6.45) is -4.09. The predicted octanol–water partition coefficient (Wildman–Crippen LogP) is 1.69. The molecule has 0 saturated heterocycles. The maximum Gasteiger partial charge on any atom is 0.323 e. The predicted molar refractivity (Wildman–Crippen MR) is 47.6 cm³/mol. The Morgan fingerprint density at radius 3 is 2.20 bits per heavy atom. The second-order valence-electron chi connectivity index (χ2n) is 3.06. The van der Waals surface area contributed by atoms with Crippen LogP contribution in [0.1, 0.15) is 26.7 Å². The van der Waals surface area contributed by atoms with E-state index < -0.39 is 30.2 Å². The van der Waals surface area contributed by atoms with Gasteiger partial charge in [0.05, 0.1) is 6.61 Å². The van der Waals surface area contributed by atoms with Crippen molar-refractivity contribution < 1.29 is 28.2 Å². The largest absolute Gasteiger partial charge is 0.480 e. The number of ether oxygens (including phenoxy) is 1. The summed E-state index contributed by atoms with van der Waals surface area (Å²) in [6.45, 7) is 2.83. The maximum atomic E-state index is 12.2. The number of hydrogen-bond donors (Lipinski definition) is 1. The highest BCUT2D eigenvalue weighted by molar-refractivity contribution is 5.99. The third-order valence-electron chi connectivity index (χ3n) is 2.18. The first-order valence-corrected chi connectivity index (χ1v) is 4.59. The van der Waals surface area contributed by atoms with Crippen LogP contribution < -0.4 is 0 Å². The molecule has 0 aliphatic heterocycles. The van der Waals surface area contributed by atoms with Gasteiger partial charge in [-0.05, 0) is 13.3 Å². The number of carboxylic acids is 1. The topological polar surface area (TPSA) is 63.6 Å². The van der Waals surface area contributed by atoms with Gasteiger partial charge in [-0.25, -0.2) is 8.78 Å². The maximum absolute atomic E-state index is 12.2. The molecule has 0 amide bonds. The molecule has 15 heavy (non-hydrogen) atoms. The lowest BCUT2D eigenvalue weighted by Gasteiger charge is -2.25. The third-order valence-corrected chi connectivity index (χ3v) is 2.18. The number of carbonyl (C=O) groups excluding carboxylic acids is 1. The summed E-state index contributed by atoms with van der Waals surface area (Å²) in [4.78, 5) is 22.2. The minimum Gasteiger partial charge on any atom is -0.480 e. The molecule has 0 aliphatic carbocycles. The monoisotopic (exact) mass is 224 g/mol. The normalized spacial score (nSPS) is 14.7.